The second kappa shape index (κ2) is 3.88. The van der Waals surface area contributed by atoms with Crippen molar-refractivity contribution in [1.29, 1.82) is 0 Å². The highest BCUT2D eigenvalue weighted by atomic mass is 15.1. The molecule has 0 amide bonds. The minimum absolute atomic E-state index is 0.932. The molecule has 0 aliphatic carbocycles. The van der Waals surface area contributed by atoms with Crippen molar-refractivity contribution in [3.63, 3.8) is 0 Å². The van der Waals surface area contributed by atoms with E-state index in [1.807, 2.05) is 30.6 Å². The van der Waals surface area contributed by atoms with Gasteiger partial charge in [-0.15, -0.1) is 0 Å². The molecule has 0 fully saturated rings. The van der Waals surface area contributed by atoms with Crippen LogP contribution in [-0.4, -0.2) is 20.2 Å². The molecule has 0 radical (unpaired) electrons. The molecule has 0 aliphatic rings. The molecule has 90 valence electrons. The van der Waals surface area contributed by atoms with Gasteiger partial charge in [-0.2, -0.15) is 5.10 Å². The minimum Gasteiger partial charge on any atom is -0.277 e. The van der Waals surface area contributed by atoms with Crippen molar-refractivity contribution in [1.82, 2.24) is 20.2 Å². The van der Waals surface area contributed by atoms with Crippen molar-refractivity contribution < 1.29 is 0 Å². The quantitative estimate of drug-likeness (QED) is 0.561. The van der Waals surface area contributed by atoms with Gasteiger partial charge in [0.15, 0.2) is 0 Å². The molecule has 4 rings (SSSR count). The number of nitrogens with zero attached hydrogens (tertiary/aromatic N) is 3. The van der Waals surface area contributed by atoms with Crippen LogP contribution in [0.25, 0.3) is 32.9 Å². The van der Waals surface area contributed by atoms with Gasteiger partial charge in [0.05, 0.1) is 5.52 Å². The Kier molecular flexibility index (Phi) is 2.08. The summed E-state index contributed by atoms with van der Waals surface area (Å²) in [5, 5.41) is 10.9. The van der Waals surface area contributed by atoms with Crippen molar-refractivity contribution >= 4 is 21.7 Å². The Bertz CT molecular complexity index is 865. The van der Waals surface area contributed by atoms with E-state index in [9.17, 15) is 0 Å². The zero-order valence-corrected chi connectivity index (χ0v) is 10.0. The van der Waals surface area contributed by atoms with Gasteiger partial charge in [0.1, 0.15) is 5.69 Å². The van der Waals surface area contributed by atoms with E-state index in [0.29, 0.717) is 0 Å². The largest absolute Gasteiger partial charge is 0.277 e. The topological polar surface area (TPSA) is 54.5 Å². The molecule has 1 aromatic carbocycles. The van der Waals surface area contributed by atoms with Gasteiger partial charge >= 0.3 is 0 Å². The molecule has 3 heterocycles. The first-order valence-corrected chi connectivity index (χ1v) is 6.05. The smallest absolute Gasteiger partial charge is 0.101 e. The molecule has 0 unspecified atom stereocenters. The van der Waals surface area contributed by atoms with E-state index >= 15 is 0 Å². The minimum atomic E-state index is 0.932. The lowest BCUT2D eigenvalue weighted by molar-refractivity contribution is 1.12. The van der Waals surface area contributed by atoms with E-state index in [0.717, 1.165) is 32.9 Å². The Morgan fingerprint density at radius 3 is 2.68 bits per heavy atom. The van der Waals surface area contributed by atoms with Crippen LogP contribution >= 0.6 is 0 Å². The van der Waals surface area contributed by atoms with Crippen LogP contribution in [0.5, 0.6) is 0 Å². The lowest BCUT2D eigenvalue weighted by atomic mass is 10.1. The lowest BCUT2D eigenvalue weighted by Gasteiger charge is -1.99. The number of pyridine rings is 2. The summed E-state index contributed by atoms with van der Waals surface area (Å²) < 4.78 is 0. The summed E-state index contributed by atoms with van der Waals surface area (Å²) in [6.07, 6.45) is 7.25. The third kappa shape index (κ3) is 1.50. The molecular formula is C15H10N4. The van der Waals surface area contributed by atoms with Gasteiger partial charge in [-0.05, 0) is 24.3 Å². The highest BCUT2D eigenvalue weighted by Crippen LogP contribution is 2.30. The predicted octanol–water partition coefficient (Wildman–Crippen LogP) is 3.17. The molecule has 0 spiro atoms. The van der Waals surface area contributed by atoms with Crippen LogP contribution in [0.1, 0.15) is 0 Å². The molecule has 4 nitrogen and oxygen atoms in total. The number of fused-ring (bicyclic) bond motifs is 3. The lowest BCUT2D eigenvalue weighted by Crippen LogP contribution is -1.80. The third-order valence-corrected chi connectivity index (χ3v) is 3.29. The van der Waals surface area contributed by atoms with Crippen LogP contribution in [0.2, 0.25) is 0 Å². The molecule has 0 saturated carbocycles. The normalized spacial score (nSPS) is 11.2. The van der Waals surface area contributed by atoms with Crippen molar-refractivity contribution in [3.05, 3.63) is 55.1 Å². The van der Waals surface area contributed by atoms with Gasteiger partial charge in [0, 0.05) is 46.5 Å². The Hall–Kier alpha value is -2.75. The summed E-state index contributed by atoms with van der Waals surface area (Å²) in [5.74, 6) is 0. The fraction of sp³-hybridized carbons (Fsp3) is 0. The van der Waals surface area contributed by atoms with Gasteiger partial charge in [0.2, 0.25) is 0 Å². The number of nitrogens with one attached hydrogen (secondary N) is 1. The van der Waals surface area contributed by atoms with Gasteiger partial charge in [-0.25, -0.2) is 0 Å². The van der Waals surface area contributed by atoms with Gasteiger partial charge in [0.25, 0.3) is 0 Å². The maximum Gasteiger partial charge on any atom is 0.101 e. The van der Waals surface area contributed by atoms with E-state index in [2.05, 4.69) is 32.3 Å². The SMILES string of the molecule is c1cncc(-c2n[nH]c3c2ccc2cnccc23)c1. The number of hydrogen-bond donors (Lipinski definition) is 1. The van der Waals surface area contributed by atoms with Crippen LogP contribution in [-0.2, 0) is 0 Å². The van der Waals surface area contributed by atoms with Crippen molar-refractivity contribution in [2.24, 2.45) is 0 Å². The monoisotopic (exact) mass is 246 g/mol. The van der Waals surface area contributed by atoms with E-state index < -0.39 is 0 Å². The van der Waals surface area contributed by atoms with Crippen molar-refractivity contribution in [3.8, 4) is 11.3 Å². The molecule has 1 N–H and O–H groups in total. The highest BCUT2D eigenvalue weighted by molar-refractivity contribution is 6.09. The van der Waals surface area contributed by atoms with Crippen molar-refractivity contribution in [2.75, 3.05) is 0 Å². The summed E-state index contributed by atoms with van der Waals surface area (Å²) in [6, 6.07) is 10.1. The Labute approximate surface area is 109 Å². The molecule has 0 atom stereocenters. The first kappa shape index (κ1) is 10.2. The summed E-state index contributed by atoms with van der Waals surface area (Å²) >= 11 is 0. The number of aromatic nitrogens is 4. The average molecular weight is 246 g/mol. The number of hydrogen-bond acceptors (Lipinski definition) is 3. The fourth-order valence-corrected chi connectivity index (χ4v) is 2.38. The van der Waals surface area contributed by atoms with Crippen LogP contribution < -0.4 is 0 Å². The van der Waals surface area contributed by atoms with E-state index in [4.69, 9.17) is 0 Å². The second-order valence-corrected chi connectivity index (χ2v) is 4.40. The number of aromatic amines is 1. The first-order chi connectivity index (χ1) is 9.43. The zero-order valence-electron chi connectivity index (χ0n) is 10.0. The average Bonchev–Trinajstić information content (AvgIpc) is 2.92. The summed E-state index contributed by atoms with van der Waals surface area (Å²) in [7, 11) is 0. The molecule has 4 aromatic rings. The van der Waals surface area contributed by atoms with E-state index in [-0.39, 0.29) is 0 Å². The Balaban J connectivity index is 2.08. The van der Waals surface area contributed by atoms with Gasteiger partial charge in [-0.1, -0.05) is 6.07 Å². The second-order valence-electron chi connectivity index (χ2n) is 4.40. The predicted molar refractivity (Wildman–Crippen MR) is 74.6 cm³/mol. The van der Waals surface area contributed by atoms with Crippen LogP contribution in [0.3, 0.4) is 0 Å². The van der Waals surface area contributed by atoms with Crippen LogP contribution in [0.15, 0.2) is 55.1 Å². The summed E-state index contributed by atoms with van der Waals surface area (Å²) in [5.41, 5.74) is 2.99. The molecule has 19 heavy (non-hydrogen) atoms. The molecule has 0 bridgehead atoms. The molecule has 3 aromatic heterocycles. The Morgan fingerprint density at radius 1 is 0.842 bits per heavy atom. The molecule has 0 aliphatic heterocycles. The number of H-pyrrole nitrogens is 1. The summed E-state index contributed by atoms with van der Waals surface area (Å²) in [6.45, 7) is 0. The standard InChI is InChI=1S/C15H10N4/c1-2-11(9-16-6-1)14-13-4-3-10-8-17-7-5-12(10)15(13)19-18-14/h1-9H,(H,18,19). The third-order valence-electron chi connectivity index (χ3n) is 3.29. The zero-order chi connectivity index (χ0) is 12.7. The molecule has 4 heteroatoms. The van der Waals surface area contributed by atoms with Gasteiger partial charge < -0.3 is 0 Å². The molecule has 0 saturated heterocycles. The van der Waals surface area contributed by atoms with Crippen LogP contribution in [0.4, 0.5) is 0 Å². The fourth-order valence-electron chi connectivity index (χ4n) is 2.38. The maximum absolute atomic E-state index is 4.43. The van der Waals surface area contributed by atoms with Crippen LogP contribution in [0, 0.1) is 0 Å². The van der Waals surface area contributed by atoms with Crippen molar-refractivity contribution in [2.45, 2.75) is 0 Å². The van der Waals surface area contributed by atoms with Gasteiger partial charge in [-0.3, -0.25) is 15.1 Å². The number of benzene rings is 1. The molecular weight excluding hydrogens is 236 g/mol. The summed E-state index contributed by atoms with van der Waals surface area (Å²) in [4.78, 5) is 8.29. The Morgan fingerprint density at radius 2 is 1.79 bits per heavy atom. The van der Waals surface area contributed by atoms with E-state index in [1.54, 1.807) is 12.4 Å². The van der Waals surface area contributed by atoms with E-state index in [1.165, 1.54) is 0 Å². The first-order valence-electron chi connectivity index (χ1n) is 6.05. The maximum atomic E-state index is 4.43. The highest BCUT2D eigenvalue weighted by Gasteiger charge is 2.10. The number of rotatable bonds is 1.